The summed E-state index contributed by atoms with van der Waals surface area (Å²) in [4.78, 5) is 24.8. The number of fused-ring (bicyclic) bond motifs is 6. The van der Waals surface area contributed by atoms with Crippen LogP contribution in [0.25, 0.3) is 0 Å². The number of aromatic nitrogens is 2. The van der Waals surface area contributed by atoms with Crippen LogP contribution in [0.5, 0.6) is 0 Å². The van der Waals surface area contributed by atoms with E-state index in [0.29, 0.717) is 43.8 Å². The van der Waals surface area contributed by atoms with Crippen LogP contribution < -0.4 is 11.2 Å². The molecule has 328 valence electrons. The maximum atomic E-state index is 11.7. The molecule has 1 aromatic heterocycles. The van der Waals surface area contributed by atoms with Gasteiger partial charge in [0.1, 0.15) is 11.8 Å². The average Bonchev–Trinajstić information content (AvgIpc) is 4.29. The van der Waals surface area contributed by atoms with Crippen molar-refractivity contribution < 1.29 is 118 Å². The third-order valence-electron chi connectivity index (χ3n) is 12.8. The van der Waals surface area contributed by atoms with Crippen molar-refractivity contribution in [2.45, 2.75) is 113 Å². The molecule has 3 saturated carbocycles. The number of aliphatic hydroxyl groups excluding tert-OH is 2. The van der Waals surface area contributed by atoms with Crippen LogP contribution in [0.4, 0.5) is 0 Å². The number of thiocarbonyl (C=S) groups is 1. The quantitative estimate of drug-likeness (QED) is 0.127. The van der Waals surface area contributed by atoms with Gasteiger partial charge in [-0.05, 0) is 61.8 Å². The van der Waals surface area contributed by atoms with Gasteiger partial charge in [-0.2, -0.15) is 0 Å². The summed E-state index contributed by atoms with van der Waals surface area (Å²) < 4.78 is 102. The second-order valence-electron chi connectivity index (χ2n) is 15.8. The number of aromatic amines is 1. The molecule has 2 aromatic carbocycles. The van der Waals surface area contributed by atoms with Crippen LogP contribution in [0.1, 0.15) is 98.4 Å². The molecule has 0 amide bonds. The Kier molecular flexibility index (Phi) is 14.2. The van der Waals surface area contributed by atoms with Crippen molar-refractivity contribution in [2.24, 2.45) is 23.7 Å². The van der Waals surface area contributed by atoms with Crippen LogP contribution in [-0.4, -0.2) is 71.9 Å². The van der Waals surface area contributed by atoms with Gasteiger partial charge in [0.05, 0.1) is 49.3 Å². The molecule has 6 bridgehead atoms. The minimum absolute atomic E-state index is 0. The summed E-state index contributed by atoms with van der Waals surface area (Å²) in [5, 5.41) is 19.4. The monoisotopic (exact) mass is 1310 g/mol. The first-order chi connectivity index (χ1) is 34.1. The fraction of sp³-hybridized carbons (Fsp3) is 0.558. The molecule has 3 aliphatic heterocycles. The summed E-state index contributed by atoms with van der Waals surface area (Å²) in [6, 6.07) is 21.9. The number of thioether (sulfide) groups is 1. The third-order valence-corrected chi connectivity index (χ3v) is 14.4. The van der Waals surface area contributed by atoms with Crippen LogP contribution in [0.2, 0.25) is 0 Å². The fourth-order valence-corrected chi connectivity index (χ4v) is 10.4. The van der Waals surface area contributed by atoms with Crippen LogP contribution >= 0.6 is 24.0 Å². The molecule has 3 N–H and O–H groups in total. The van der Waals surface area contributed by atoms with E-state index in [-0.39, 0.29) is 99.6 Å². The van der Waals surface area contributed by atoms with E-state index in [1.807, 2.05) is 37.5 Å². The first-order valence-corrected chi connectivity index (χ1v) is 21.4. The molecule has 4 heterocycles. The largest absolute Gasteiger partial charge is 0.545 e. The van der Waals surface area contributed by atoms with E-state index in [0.717, 1.165) is 29.9 Å². The van der Waals surface area contributed by atoms with E-state index in [2.05, 4.69) is 61.5 Å². The summed E-state index contributed by atoms with van der Waals surface area (Å²) in [5.41, 5.74) is 0.232. The second kappa shape index (κ2) is 21.2. The smallest absolute Gasteiger partial charge is 0.330 e. The standard InChI is InChI=1S/C17H21O2S2.C15H19O2.C11H14N2O5.2U.8H2/c1-3-17-9-13(16(20)21-2)14(11-19-17)15(17)18-10-12-7-5-4-6-8-12;1-2-15-9-8-13(11-17-15)14(15)16-10-12-6-4-3-5-7-12;14-5-11-3-1-6(8(11)16)9(18-11)13-4-2-7(15)12-10(13)17;;;;;;;;;;/h4-8,11,13-15H,3,9-10H2,1-2H3;3-7,11,13-14H,2,8-10H2,1H3;2,4,6,8-9,14,16H,1,3,5H2,(H,12,15,17);;;8*1H/q2*-1;;;;;;;;;;;/t13-,14+,15-,17-;13-,14-,15-;6-,8+,9-,11-;;;;;;;;;;/m001........../s1/i;;;;;7*1+1D;1+1. The van der Waals surface area contributed by atoms with E-state index in [4.69, 9.17) is 56.7 Å². The molecule has 15 heteroatoms. The first kappa shape index (κ1) is 39.0. The average molecular weight is 1310 g/mol. The van der Waals surface area contributed by atoms with Crippen LogP contribution in [0.3, 0.4) is 0 Å². The third kappa shape index (κ3) is 9.79. The number of benzene rings is 2. The number of hydrogen-bond donors (Lipinski definition) is 3. The molecule has 6 aliphatic rings. The van der Waals surface area contributed by atoms with Gasteiger partial charge >= 0.3 is 5.69 Å². The number of nitrogens with zero attached hydrogens (tertiary/aromatic N) is 1. The van der Waals surface area contributed by atoms with E-state index in [1.54, 1.807) is 11.8 Å². The molecule has 3 aromatic rings. The van der Waals surface area contributed by atoms with Crippen molar-refractivity contribution in [2.75, 3.05) is 12.9 Å². The van der Waals surface area contributed by atoms with Crippen molar-refractivity contribution in [3.63, 3.8) is 0 Å². The summed E-state index contributed by atoms with van der Waals surface area (Å²) in [6.07, 6.45) is 8.98. The predicted molar refractivity (Wildman–Crippen MR) is 234 cm³/mol. The summed E-state index contributed by atoms with van der Waals surface area (Å²) in [6.45, 7) is 9.42. The fourth-order valence-electron chi connectivity index (χ4n) is 9.57. The van der Waals surface area contributed by atoms with Crippen LogP contribution in [0, 0.1) is 99.1 Å². The van der Waals surface area contributed by atoms with E-state index in [1.165, 1.54) is 34.4 Å². The minimum Gasteiger partial charge on any atom is -0.545 e. The van der Waals surface area contributed by atoms with Gasteiger partial charge < -0.3 is 33.9 Å². The summed E-state index contributed by atoms with van der Waals surface area (Å²) in [7, 11) is 0. The molecule has 6 fully saturated rings. The number of aliphatic hydroxyl groups is 2. The Morgan fingerprint density at radius 3 is 2.07 bits per heavy atom. The Morgan fingerprint density at radius 1 is 0.931 bits per heavy atom. The van der Waals surface area contributed by atoms with E-state index >= 15 is 0 Å². The van der Waals surface area contributed by atoms with Gasteiger partial charge in [-0.25, -0.2) is 18.0 Å². The number of H-pyrrole nitrogens is 1. The molecule has 0 radical (unpaired) electrons. The first-order valence-electron chi connectivity index (χ1n) is 26.8. The minimum atomic E-state index is -0.967. The number of nitrogens with one attached hydrogen (secondary N) is 1. The Bertz CT molecular complexity index is 1950. The van der Waals surface area contributed by atoms with Crippen molar-refractivity contribution in [3.05, 3.63) is 118 Å². The van der Waals surface area contributed by atoms with Crippen molar-refractivity contribution in [1.29, 1.82) is 0 Å². The number of hydrogen-bond acceptors (Lipinski definition) is 11. The molecular weight excluding hydrogens is 1230 g/mol. The van der Waals surface area contributed by atoms with E-state index < -0.39 is 29.2 Å². The maximum absolute atomic E-state index is 11.7. The van der Waals surface area contributed by atoms with Gasteiger partial charge in [-0.3, -0.25) is 14.3 Å². The Hall–Kier alpha value is -0.616. The van der Waals surface area contributed by atoms with E-state index in [9.17, 15) is 19.8 Å². The molecule has 11 atom stereocenters. The molecule has 3 saturated heterocycles. The zero-order valence-corrected chi connectivity index (χ0v) is 43.2. The Morgan fingerprint density at radius 2 is 1.53 bits per heavy atom. The maximum Gasteiger partial charge on any atom is 0.330 e. The molecule has 11 nitrogen and oxygen atoms in total. The molecule has 0 unspecified atom stereocenters. The van der Waals surface area contributed by atoms with Gasteiger partial charge in [0, 0.05) is 107 Å². The predicted octanol–water partition coefficient (Wildman–Crippen LogP) is 8.10. The topological polar surface area (TPSA) is 141 Å². The van der Waals surface area contributed by atoms with Gasteiger partial charge in [-0.15, -0.1) is 23.6 Å². The van der Waals surface area contributed by atoms with Gasteiger partial charge in [0.25, 0.3) is 5.56 Å². The normalized spacial score (nSPS) is 35.6. The van der Waals surface area contributed by atoms with Gasteiger partial charge in [0.2, 0.25) is 0 Å². The summed E-state index contributed by atoms with van der Waals surface area (Å²) in [5.74, 6) is 0.970. The van der Waals surface area contributed by atoms with Gasteiger partial charge in [-0.1, -0.05) is 93.1 Å². The molecule has 9 rings (SSSR count). The molecular formula is C43H70N2O9S2U2-2. The molecule has 0 spiro atoms. The van der Waals surface area contributed by atoms with Crippen molar-refractivity contribution in [3.8, 4) is 0 Å². The van der Waals surface area contributed by atoms with Crippen molar-refractivity contribution >= 4 is 28.2 Å². The second-order valence-corrected chi connectivity index (χ2v) is 17.3. The zero-order chi connectivity index (χ0) is 53.5. The zero-order valence-electron chi connectivity index (χ0n) is 47.3. The number of rotatable bonds is 11. The molecule has 3 aliphatic carbocycles. The van der Waals surface area contributed by atoms with Gasteiger partial charge in [0.15, 0.2) is 0 Å². The Balaban J connectivity index is -0.000000429. The number of ether oxygens (including phenoxy) is 5. The Labute approximate surface area is 421 Å². The molecule has 58 heavy (non-hydrogen) atoms. The van der Waals surface area contributed by atoms with Crippen molar-refractivity contribution in [1.82, 2.24) is 9.55 Å². The summed E-state index contributed by atoms with van der Waals surface area (Å²) >= 11 is 7.23. The van der Waals surface area contributed by atoms with Crippen LogP contribution in [-0.2, 0) is 36.9 Å². The van der Waals surface area contributed by atoms with Crippen LogP contribution in [0.15, 0.2) is 82.5 Å². The SMILES string of the molecule is CC[C@@]12CC[C@@H]([CH-]O1)[C@@H]2OCc1ccccc1.CC[C@@]12C[C@H](C(=S)SC)[C@@H]([CH-]O1)[C@@H]2OCc1ccccc1.O=c1ccn([C@@H]2O[C@@]3(CO)CC[C@@H]2[C@@H]3O)c(=O)[nH]1.[2HH].[2H][2H].[2H][2H].[2H][2H].[2H][2H].[2H][2H].[2H][2H].[2H][2H].[U].[U].